The van der Waals surface area contributed by atoms with Crippen LogP contribution in [0.2, 0.25) is 0 Å². The van der Waals surface area contributed by atoms with E-state index in [0.717, 1.165) is 17.7 Å². The molecule has 4 nitrogen and oxygen atoms in total. The molecular formula is C14H24N2O2. The molecule has 2 heterocycles. The smallest absolute Gasteiger partial charge is 0.105 e. The van der Waals surface area contributed by atoms with E-state index >= 15 is 0 Å². The molecule has 2 rings (SSSR count). The van der Waals surface area contributed by atoms with E-state index in [2.05, 4.69) is 33.1 Å². The maximum atomic E-state index is 6.14. The van der Waals surface area contributed by atoms with Crippen LogP contribution in [0.1, 0.15) is 51.5 Å². The number of furan rings is 1. The Balaban J connectivity index is 2.32. The lowest BCUT2D eigenvalue weighted by Crippen LogP contribution is -2.41. The minimum Gasteiger partial charge on any atom is -0.469 e. The zero-order valence-electron chi connectivity index (χ0n) is 11.9. The Morgan fingerprint density at radius 2 is 2.06 bits per heavy atom. The van der Waals surface area contributed by atoms with E-state index in [1.165, 1.54) is 0 Å². The fourth-order valence-corrected chi connectivity index (χ4v) is 3.26. The lowest BCUT2D eigenvalue weighted by atomic mass is 9.79. The number of nitrogens with two attached hydrogens (primary N) is 1. The molecule has 0 amide bonds. The fourth-order valence-electron chi connectivity index (χ4n) is 3.26. The normalized spacial score (nSPS) is 27.3. The maximum absolute atomic E-state index is 6.14. The highest BCUT2D eigenvalue weighted by Crippen LogP contribution is 2.47. The fraction of sp³-hybridized carbons (Fsp3) is 0.714. The van der Waals surface area contributed by atoms with Crippen molar-refractivity contribution in [3.8, 4) is 0 Å². The van der Waals surface area contributed by atoms with Gasteiger partial charge in [0.25, 0.3) is 0 Å². The van der Waals surface area contributed by atoms with Crippen LogP contribution in [-0.4, -0.2) is 11.2 Å². The van der Waals surface area contributed by atoms with Crippen LogP contribution in [0, 0.1) is 12.8 Å². The molecular weight excluding hydrogens is 228 g/mol. The van der Waals surface area contributed by atoms with Crippen LogP contribution < -0.4 is 11.3 Å². The van der Waals surface area contributed by atoms with E-state index in [0.29, 0.717) is 5.92 Å². The van der Waals surface area contributed by atoms with Crippen LogP contribution in [0.5, 0.6) is 0 Å². The van der Waals surface area contributed by atoms with Gasteiger partial charge < -0.3 is 9.15 Å². The van der Waals surface area contributed by atoms with Gasteiger partial charge in [0.1, 0.15) is 5.76 Å². The van der Waals surface area contributed by atoms with Crippen LogP contribution >= 0.6 is 0 Å². The summed E-state index contributed by atoms with van der Waals surface area (Å²) in [6, 6.07) is 2.04. The average molecular weight is 252 g/mol. The molecule has 2 unspecified atom stereocenters. The standard InChI is InChI=1S/C14H24N2O2/c1-9-10(6-7-17-9)12(16-15)11-8-13(2,3)18-14(11,4)5/h6-7,11-12,16H,8,15H2,1-5H3. The van der Waals surface area contributed by atoms with Crippen molar-refractivity contribution in [2.75, 3.05) is 0 Å². The molecule has 4 heteroatoms. The second-order valence-corrected chi connectivity index (χ2v) is 6.35. The summed E-state index contributed by atoms with van der Waals surface area (Å²) >= 11 is 0. The predicted octanol–water partition coefficient (Wildman–Crippen LogP) is 2.69. The summed E-state index contributed by atoms with van der Waals surface area (Å²) in [6.45, 7) is 10.5. The van der Waals surface area contributed by atoms with Gasteiger partial charge in [-0.05, 0) is 47.1 Å². The van der Waals surface area contributed by atoms with Gasteiger partial charge >= 0.3 is 0 Å². The van der Waals surface area contributed by atoms with Gasteiger partial charge in [-0.25, -0.2) is 0 Å². The Bertz CT molecular complexity index is 423. The number of ether oxygens (including phenoxy) is 1. The molecule has 0 spiro atoms. The number of nitrogens with one attached hydrogen (secondary N) is 1. The third-order valence-electron chi connectivity index (χ3n) is 3.96. The van der Waals surface area contributed by atoms with Crippen molar-refractivity contribution < 1.29 is 9.15 Å². The lowest BCUT2D eigenvalue weighted by Gasteiger charge is -2.32. The van der Waals surface area contributed by atoms with E-state index in [1.807, 2.05) is 13.0 Å². The summed E-state index contributed by atoms with van der Waals surface area (Å²) in [7, 11) is 0. The van der Waals surface area contributed by atoms with Gasteiger partial charge in [0.2, 0.25) is 0 Å². The molecule has 1 aromatic rings. The van der Waals surface area contributed by atoms with Crippen molar-refractivity contribution in [2.45, 2.75) is 58.3 Å². The number of hydrogen-bond acceptors (Lipinski definition) is 4. The van der Waals surface area contributed by atoms with E-state index < -0.39 is 0 Å². The molecule has 0 saturated carbocycles. The van der Waals surface area contributed by atoms with Crippen molar-refractivity contribution in [1.29, 1.82) is 0 Å². The quantitative estimate of drug-likeness (QED) is 0.641. The second-order valence-electron chi connectivity index (χ2n) is 6.35. The van der Waals surface area contributed by atoms with Gasteiger partial charge in [0.15, 0.2) is 0 Å². The van der Waals surface area contributed by atoms with Gasteiger partial charge in [-0.15, -0.1) is 0 Å². The lowest BCUT2D eigenvalue weighted by molar-refractivity contribution is -0.0779. The third-order valence-corrected chi connectivity index (χ3v) is 3.96. The summed E-state index contributed by atoms with van der Waals surface area (Å²) in [5, 5.41) is 0. The predicted molar refractivity (Wildman–Crippen MR) is 70.9 cm³/mol. The monoisotopic (exact) mass is 252 g/mol. The first-order valence-electron chi connectivity index (χ1n) is 6.47. The van der Waals surface area contributed by atoms with E-state index in [1.54, 1.807) is 6.26 Å². The van der Waals surface area contributed by atoms with Gasteiger partial charge in [-0.1, -0.05) is 0 Å². The summed E-state index contributed by atoms with van der Waals surface area (Å²) in [5.41, 5.74) is 3.75. The second kappa shape index (κ2) is 4.37. The first-order valence-corrected chi connectivity index (χ1v) is 6.47. The Kier molecular flexibility index (Phi) is 3.30. The molecule has 0 aliphatic carbocycles. The molecule has 1 fully saturated rings. The van der Waals surface area contributed by atoms with Crippen LogP contribution in [0.3, 0.4) is 0 Å². The third kappa shape index (κ3) is 2.32. The highest BCUT2D eigenvalue weighted by Gasteiger charge is 2.49. The largest absolute Gasteiger partial charge is 0.469 e. The molecule has 1 saturated heterocycles. The summed E-state index contributed by atoms with van der Waals surface area (Å²) < 4.78 is 11.5. The Labute approximate surface area is 109 Å². The molecule has 0 radical (unpaired) electrons. The van der Waals surface area contributed by atoms with Crippen LogP contribution in [0.25, 0.3) is 0 Å². The van der Waals surface area contributed by atoms with Crippen molar-refractivity contribution in [3.63, 3.8) is 0 Å². The van der Waals surface area contributed by atoms with E-state index in [-0.39, 0.29) is 17.2 Å². The minimum absolute atomic E-state index is 0.0560. The van der Waals surface area contributed by atoms with Crippen molar-refractivity contribution in [2.24, 2.45) is 11.8 Å². The van der Waals surface area contributed by atoms with Gasteiger partial charge in [-0.2, -0.15) is 0 Å². The number of hydrogen-bond donors (Lipinski definition) is 2. The van der Waals surface area contributed by atoms with E-state index in [4.69, 9.17) is 15.0 Å². The zero-order valence-corrected chi connectivity index (χ0v) is 11.9. The molecule has 0 bridgehead atoms. The molecule has 1 aromatic heterocycles. The van der Waals surface area contributed by atoms with Crippen molar-refractivity contribution >= 4 is 0 Å². The molecule has 102 valence electrons. The van der Waals surface area contributed by atoms with E-state index in [9.17, 15) is 0 Å². The SMILES string of the molecule is Cc1occc1C(NN)C1CC(C)(C)OC1(C)C. The highest BCUT2D eigenvalue weighted by atomic mass is 16.5. The Morgan fingerprint density at radius 3 is 2.44 bits per heavy atom. The highest BCUT2D eigenvalue weighted by molar-refractivity contribution is 5.23. The zero-order chi connectivity index (χ0) is 13.6. The molecule has 2 atom stereocenters. The summed E-state index contributed by atoms with van der Waals surface area (Å²) in [4.78, 5) is 0. The van der Waals surface area contributed by atoms with Crippen LogP contribution in [0.15, 0.2) is 16.7 Å². The molecule has 0 aromatic carbocycles. The summed E-state index contributed by atoms with van der Waals surface area (Å²) in [5.74, 6) is 7.00. The first-order chi connectivity index (χ1) is 8.27. The maximum Gasteiger partial charge on any atom is 0.105 e. The average Bonchev–Trinajstić information content (AvgIpc) is 2.71. The van der Waals surface area contributed by atoms with Crippen LogP contribution in [0.4, 0.5) is 0 Å². The molecule has 1 aliphatic rings. The first kappa shape index (κ1) is 13.6. The minimum atomic E-state index is -0.204. The topological polar surface area (TPSA) is 60.4 Å². The Morgan fingerprint density at radius 1 is 1.39 bits per heavy atom. The molecule has 18 heavy (non-hydrogen) atoms. The van der Waals surface area contributed by atoms with Gasteiger partial charge in [0, 0.05) is 11.5 Å². The molecule has 3 N–H and O–H groups in total. The van der Waals surface area contributed by atoms with Crippen LogP contribution in [-0.2, 0) is 4.74 Å². The number of hydrazine groups is 1. The van der Waals surface area contributed by atoms with Gasteiger partial charge in [0.05, 0.1) is 23.5 Å². The molecule has 1 aliphatic heterocycles. The number of aryl methyl sites for hydroxylation is 1. The summed E-state index contributed by atoms with van der Waals surface area (Å²) in [6.07, 6.45) is 2.68. The van der Waals surface area contributed by atoms with Crippen molar-refractivity contribution in [3.05, 3.63) is 23.7 Å². The number of rotatable bonds is 3. The van der Waals surface area contributed by atoms with Crippen molar-refractivity contribution in [1.82, 2.24) is 5.43 Å². The Hall–Kier alpha value is -0.840. The van der Waals surface area contributed by atoms with Gasteiger partial charge in [-0.3, -0.25) is 11.3 Å².